The Hall–Kier alpha value is -2.89. The van der Waals surface area contributed by atoms with E-state index in [1.165, 1.54) is 19.2 Å². The van der Waals surface area contributed by atoms with Gasteiger partial charge in [-0.05, 0) is 43.2 Å². The monoisotopic (exact) mass is 370 g/mol. The molecular formula is C21H23FN2O3. The highest BCUT2D eigenvalue weighted by Crippen LogP contribution is 2.20. The van der Waals surface area contributed by atoms with Crippen LogP contribution in [-0.4, -0.2) is 54.9 Å². The Kier molecular flexibility index (Phi) is 5.74. The highest BCUT2D eigenvalue weighted by atomic mass is 19.1. The zero-order chi connectivity index (χ0) is 19.4. The van der Waals surface area contributed by atoms with Crippen molar-refractivity contribution in [1.29, 1.82) is 0 Å². The molecule has 2 amide bonds. The summed E-state index contributed by atoms with van der Waals surface area (Å²) in [5.41, 5.74) is 1.91. The van der Waals surface area contributed by atoms with E-state index in [1.54, 1.807) is 15.9 Å². The number of ether oxygens (including phenoxy) is 1. The second-order valence-electron chi connectivity index (χ2n) is 6.60. The van der Waals surface area contributed by atoms with Gasteiger partial charge in [0.25, 0.3) is 11.8 Å². The summed E-state index contributed by atoms with van der Waals surface area (Å²) in [6.45, 7) is 3.92. The molecule has 1 fully saturated rings. The van der Waals surface area contributed by atoms with Crippen LogP contribution in [0, 0.1) is 12.7 Å². The summed E-state index contributed by atoms with van der Waals surface area (Å²) in [6.07, 6.45) is 0.683. The van der Waals surface area contributed by atoms with Gasteiger partial charge in [0.05, 0.1) is 7.11 Å². The van der Waals surface area contributed by atoms with Gasteiger partial charge in [0.1, 0.15) is 0 Å². The van der Waals surface area contributed by atoms with E-state index in [9.17, 15) is 14.0 Å². The second-order valence-corrected chi connectivity index (χ2v) is 6.60. The highest BCUT2D eigenvalue weighted by Gasteiger charge is 2.24. The lowest BCUT2D eigenvalue weighted by Crippen LogP contribution is -2.37. The molecule has 0 N–H and O–H groups in total. The number of hydrogen-bond acceptors (Lipinski definition) is 3. The number of benzene rings is 2. The van der Waals surface area contributed by atoms with Gasteiger partial charge in [0, 0.05) is 37.3 Å². The summed E-state index contributed by atoms with van der Waals surface area (Å²) in [5, 5.41) is 0. The molecule has 1 aliphatic rings. The quantitative estimate of drug-likeness (QED) is 0.834. The summed E-state index contributed by atoms with van der Waals surface area (Å²) >= 11 is 0. The molecule has 0 saturated carbocycles. The molecule has 0 atom stereocenters. The Morgan fingerprint density at radius 3 is 2.26 bits per heavy atom. The first-order valence-corrected chi connectivity index (χ1v) is 8.99. The summed E-state index contributed by atoms with van der Waals surface area (Å²) in [5.74, 6) is -0.702. The number of amides is 2. The van der Waals surface area contributed by atoms with Crippen LogP contribution in [0.15, 0.2) is 42.5 Å². The lowest BCUT2D eigenvalue weighted by atomic mass is 10.1. The molecule has 2 aromatic rings. The van der Waals surface area contributed by atoms with Crippen LogP contribution in [0.4, 0.5) is 4.39 Å². The van der Waals surface area contributed by atoms with E-state index in [2.05, 4.69) is 0 Å². The minimum Gasteiger partial charge on any atom is -0.494 e. The smallest absolute Gasteiger partial charge is 0.254 e. The molecule has 6 heteroatoms. The maximum absolute atomic E-state index is 13.9. The van der Waals surface area contributed by atoms with E-state index in [-0.39, 0.29) is 23.1 Å². The molecular weight excluding hydrogens is 347 g/mol. The predicted molar refractivity (Wildman–Crippen MR) is 101 cm³/mol. The molecule has 2 aromatic carbocycles. The van der Waals surface area contributed by atoms with Crippen molar-refractivity contribution in [3.05, 3.63) is 65.0 Å². The van der Waals surface area contributed by atoms with Crippen LogP contribution < -0.4 is 4.74 Å². The summed E-state index contributed by atoms with van der Waals surface area (Å²) < 4.78 is 18.8. The van der Waals surface area contributed by atoms with Crippen molar-refractivity contribution in [2.75, 3.05) is 33.3 Å². The van der Waals surface area contributed by atoms with Gasteiger partial charge in [-0.25, -0.2) is 4.39 Å². The normalized spacial score (nSPS) is 14.6. The number of rotatable bonds is 3. The Balaban J connectivity index is 1.69. The van der Waals surface area contributed by atoms with Crippen LogP contribution in [-0.2, 0) is 0 Å². The summed E-state index contributed by atoms with van der Waals surface area (Å²) in [7, 11) is 1.38. The van der Waals surface area contributed by atoms with E-state index >= 15 is 0 Å². The Labute approximate surface area is 158 Å². The van der Waals surface area contributed by atoms with E-state index in [1.807, 2.05) is 31.2 Å². The Bertz CT molecular complexity index is 853. The third kappa shape index (κ3) is 4.10. The van der Waals surface area contributed by atoms with Gasteiger partial charge in [-0.15, -0.1) is 0 Å². The first-order chi connectivity index (χ1) is 13.0. The number of methoxy groups -OCH3 is 1. The number of aryl methyl sites for hydroxylation is 1. The van der Waals surface area contributed by atoms with Crippen LogP contribution in [0.1, 0.15) is 32.7 Å². The molecule has 1 saturated heterocycles. The number of carbonyl (C=O) groups excluding carboxylic acids is 2. The van der Waals surface area contributed by atoms with E-state index in [0.29, 0.717) is 38.2 Å². The third-order valence-corrected chi connectivity index (χ3v) is 4.84. The fourth-order valence-corrected chi connectivity index (χ4v) is 3.29. The average Bonchev–Trinajstić information content (AvgIpc) is 2.93. The lowest BCUT2D eigenvalue weighted by Gasteiger charge is -2.23. The Morgan fingerprint density at radius 1 is 0.963 bits per heavy atom. The minimum absolute atomic E-state index is 0.0158. The summed E-state index contributed by atoms with van der Waals surface area (Å²) in [6, 6.07) is 11.7. The van der Waals surface area contributed by atoms with Gasteiger partial charge in [0.2, 0.25) is 0 Å². The molecule has 0 spiro atoms. The Morgan fingerprint density at radius 2 is 1.63 bits per heavy atom. The molecule has 0 aromatic heterocycles. The standard InChI is InChI=1S/C21H23FN2O3/c1-15-6-3-4-7-17(15)21(26)24-11-5-10-23(12-13-24)20(25)16-8-9-19(27-2)18(22)14-16/h3-4,6-9,14H,5,10-13H2,1-2H3. The number of carbonyl (C=O) groups is 2. The maximum atomic E-state index is 13.9. The van der Waals surface area contributed by atoms with Crippen LogP contribution in [0.3, 0.4) is 0 Å². The molecule has 142 valence electrons. The largest absolute Gasteiger partial charge is 0.494 e. The van der Waals surface area contributed by atoms with Gasteiger partial charge < -0.3 is 14.5 Å². The highest BCUT2D eigenvalue weighted by molar-refractivity contribution is 5.96. The van der Waals surface area contributed by atoms with Gasteiger partial charge in [0.15, 0.2) is 11.6 Å². The van der Waals surface area contributed by atoms with Crippen LogP contribution >= 0.6 is 0 Å². The molecule has 0 aliphatic carbocycles. The van der Waals surface area contributed by atoms with Crippen molar-refractivity contribution in [3.63, 3.8) is 0 Å². The topological polar surface area (TPSA) is 49.9 Å². The van der Waals surface area contributed by atoms with Crippen molar-refractivity contribution < 1.29 is 18.7 Å². The lowest BCUT2D eigenvalue weighted by molar-refractivity contribution is 0.0718. The van der Waals surface area contributed by atoms with Gasteiger partial charge in [-0.3, -0.25) is 9.59 Å². The predicted octanol–water partition coefficient (Wildman–Crippen LogP) is 3.13. The number of halogens is 1. The number of nitrogens with zero attached hydrogens (tertiary/aromatic N) is 2. The zero-order valence-electron chi connectivity index (χ0n) is 15.6. The first-order valence-electron chi connectivity index (χ1n) is 8.99. The van der Waals surface area contributed by atoms with Crippen molar-refractivity contribution in [1.82, 2.24) is 9.80 Å². The molecule has 1 aliphatic heterocycles. The molecule has 0 radical (unpaired) electrons. The van der Waals surface area contributed by atoms with Crippen molar-refractivity contribution in [2.45, 2.75) is 13.3 Å². The van der Waals surface area contributed by atoms with Crippen LogP contribution in [0.25, 0.3) is 0 Å². The molecule has 0 unspecified atom stereocenters. The van der Waals surface area contributed by atoms with Crippen LogP contribution in [0.5, 0.6) is 5.75 Å². The fraction of sp³-hybridized carbons (Fsp3) is 0.333. The van der Waals surface area contributed by atoms with Gasteiger partial charge >= 0.3 is 0 Å². The first kappa shape index (κ1) is 18.9. The van der Waals surface area contributed by atoms with Crippen molar-refractivity contribution in [3.8, 4) is 5.75 Å². The molecule has 3 rings (SSSR count). The maximum Gasteiger partial charge on any atom is 0.254 e. The fourth-order valence-electron chi connectivity index (χ4n) is 3.29. The zero-order valence-corrected chi connectivity index (χ0v) is 15.6. The van der Waals surface area contributed by atoms with Crippen LogP contribution in [0.2, 0.25) is 0 Å². The number of hydrogen-bond donors (Lipinski definition) is 0. The van der Waals surface area contributed by atoms with E-state index < -0.39 is 5.82 Å². The SMILES string of the molecule is COc1ccc(C(=O)N2CCCN(C(=O)c3ccccc3C)CC2)cc1F. The van der Waals surface area contributed by atoms with Crippen molar-refractivity contribution >= 4 is 11.8 Å². The molecule has 27 heavy (non-hydrogen) atoms. The molecule has 1 heterocycles. The van der Waals surface area contributed by atoms with Crippen molar-refractivity contribution in [2.24, 2.45) is 0 Å². The second kappa shape index (κ2) is 8.20. The van der Waals surface area contributed by atoms with E-state index in [4.69, 9.17) is 4.74 Å². The van der Waals surface area contributed by atoms with Gasteiger partial charge in [-0.1, -0.05) is 18.2 Å². The minimum atomic E-state index is -0.561. The molecule has 5 nitrogen and oxygen atoms in total. The average molecular weight is 370 g/mol. The van der Waals surface area contributed by atoms with Gasteiger partial charge in [-0.2, -0.15) is 0 Å². The summed E-state index contributed by atoms with van der Waals surface area (Å²) in [4.78, 5) is 29.0. The van der Waals surface area contributed by atoms with E-state index in [0.717, 1.165) is 5.56 Å². The molecule has 0 bridgehead atoms. The third-order valence-electron chi connectivity index (χ3n) is 4.84.